The number of para-hydroxylation sites is 2. The molecule has 14 nitrogen and oxygen atoms in total. The fourth-order valence-electron chi connectivity index (χ4n) is 12.7. The first kappa shape index (κ1) is 51.1. The molecule has 0 amide bonds. The molecule has 1 saturated carbocycles. The van der Waals surface area contributed by atoms with E-state index in [2.05, 4.69) is 44.2 Å². The number of hydrogen-bond donors (Lipinski definition) is 1. The molecular weight excluding hydrogens is 911 g/mol. The minimum atomic E-state index is -0.690. The zero-order chi connectivity index (χ0) is 49.2. The third-order valence-electron chi connectivity index (χ3n) is 16.3. The summed E-state index contributed by atoms with van der Waals surface area (Å²) < 4.78 is 57.3. The van der Waals surface area contributed by atoms with Crippen molar-refractivity contribution >= 4 is 33.9 Å². The summed E-state index contributed by atoms with van der Waals surface area (Å²) in [4.78, 5) is 38.4. The molecule has 0 radical (unpaired) electrons. The van der Waals surface area contributed by atoms with Crippen LogP contribution < -0.4 is 10.1 Å². The van der Waals surface area contributed by atoms with E-state index in [1.165, 1.54) is 0 Å². The molecule has 382 valence electrons. The lowest BCUT2D eigenvalue weighted by Gasteiger charge is -2.44. The smallest absolute Gasteiger partial charge is 0.306 e. The summed E-state index contributed by atoms with van der Waals surface area (Å²) >= 11 is 1.64. The number of methoxy groups -OCH3 is 3. The van der Waals surface area contributed by atoms with Crippen molar-refractivity contribution in [1.82, 2.24) is 9.88 Å². The zero-order valence-corrected chi connectivity index (χ0v) is 43.3. The topological polar surface area (TPSA) is 145 Å². The van der Waals surface area contributed by atoms with Gasteiger partial charge in [0.2, 0.25) is 0 Å². The van der Waals surface area contributed by atoms with Crippen LogP contribution in [0.5, 0.6) is 5.75 Å². The van der Waals surface area contributed by atoms with Crippen LogP contribution in [0.25, 0.3) is 0 Å². The number of benzene rings is 2. The lowest BCUT2D eigenvalue weighted by molar-refractivity contribution is -0.314. The first-order valence-electron chi connectivity index (χ1n) is 25.7. The van der Waals surface area contributed by atoms with E-state index in [1.54, 1.807) is 32.7 Å². The van der Waals surface area contributed by atoms with Gasteiger partial charge in [-0.15, -0.1) is 11.3 Å². The normalized spacial score (nSPS) is 36.7. The highest BCUT2D eigenvalue weighted by Gasteiger charge is 2.57. The van der Waals surface area contributed by atoms with Crippen LogP contribution in [0.4, 0.5) is 10.8 Å². The van der Waals surface area contributed by atoms with Gasteiger partial charge in [-0.2, -0.15) is 0 Å². The summed E-state index contributed by atoms with van der Waals surface area (Å²) in [6.07, 6.45) is 4.81. The molecule has 1 aromatic heterocycles. The maximum atomic E-state index is 15.4. The van der Waals surface area contributed by atoms with E-state index in [1.807, 2.05) is 68.4 Å². The Labute approximate surface area is 418 Å². The molecule has 15 heteroatoms. The zero-order valence-electron chi connectivity index (χ0n) is 42.5. The van der Waals surface area contributed by atoms with Gasteiger partial charge in [0, 0.05) is 55.9 Å². The number of nitrogens with one attached hydrogen (secondary N) is 1. The summed E-state index contributed by atoms with van der Waals surface area (Å²) in [5, 5.41) is 4.37. The highest BCUT2D eigenvalue weighted by molar-refractivity contribution is 7.15. The fraction of sp³-hybridized carbons (Fsp3) is 0.655. The number of aromatic nitrogens is 1. The van der Waals surface area contributed by atoms with Crippen molar-refractivity contribution in [2.45, 2.75) is 171 Å². The van der Waals surface area contributed by atoms with Crippen molar-refractivity contribution in [3.05, 3.63) is 82.4 Å². The van der Waals surface area contributed by atoms with Crippen LogP contribution in [-0.4, -0.2) is 125 Å². The first-order valence-corrected chi connectivity index (χ1v) is 26.6. The van der Waals surface area contributed by atoms with Gasteiger partial charge in [0.25, 0.3) is 0 Å². The van der Waals surface area contributed by atoms with Crippen molar-refractivity contribution < 1.29 is 52.2 Å². The third kappa shape index (κ3) is 10.7. The van der Waals surface area contributed by atoms with Crippen LogP contribution in [0, 0.1) is 23.7 Å². The number of fused-ring (bicyclic) bond motifs is 8. The number of carbonyl (C=O) groups is 2. The van der Waals surface area contributed by atoms with Crippen LogP contribution in [0.15, 0.2) is 66.2 Å². The van der Waals surface area contributed by atoms with E-state index >= 15 is 4.79 Å². The van der Waals surface area contributed by atoms with Crippen LogP contribution in [0.1, 0.15) is 113 Å². The van der Waals surface area contributed by atoms with E-state index in [-0.39, 0.29) is 78.5 Å². The van der Waals surface area contributed by atoms with Crippen molar-refractivity contribution in [3.8, 4) is 5.75 Å². The number of hydrogen-bond acceptors (Lipinski definition) is 15. The summed E-state index contributed by atoms with van der Waals surface area (Å²) in [5.41, 5.74) is 3.48. The molecule has 3 aromatic rings. The summed E-state index contributed by atoms with van der Waals surface area (Å²) in [7, 11) is 9.15. The third-order valence-corrected chi connectivity index (χ3v) is 17.4. The molecule has 3 aliphatic carbocycles. The number of allylic oxidation sites excluding steroid dienone is 2. The van der Waals surface area contributed by atoms with E-state index in [9.17, 15) is 4.79 Å². The largest absolute Gasteiger partial charge is 0.487 e. The van der Waals surface area contributed by atoms with Crippen LogP contribution in [-0.2, 0) is 54.1 Å². The Balaban J connectivity index is 1.06. The summed E-state index contributed by atoms with van der Waals surface area (Å²) in [6, 6.07) is 18.3. The Hall–Kier alpha value is -3.77. The first-order chi connectivity index (χ1) is 33.9. The van der Waals surface area contributed by atoms with Crippen LogP contribution in [0.3, 0.4) is 0 Å². The molecule has 2 aromatic carbocycles. The van der Waals surface area contributed by atoms with Crippen molar-refractivity contribution in [2.24, 2.45) is 23.7 Å². The minimum absolute atomic E-state index is 0.00813. The Morgan fingerprint density at radius 2 is 1.59 bits per heavy atom. The predicted molar refractivity (Wildman–Crippen MR) is 266 cm³/mol. The van der Waals surface area contributed by atoms with Gasteiger partial charge in [-0.3, -0.25) is 9.59 Å². The summed E-state index contributed by atoms with van der Waals surface area (Å²) in [5.74, 6) is -0.614. The number of thiazole rings is 1. The number of ketones is 1. The Morgan fingerprint density at radius 1 is 0.829 bits per heavy atom. The number of anilines is 2. The number of likely N-dealkylation sites (N-methyl/N-ethyl adjacent to an activating group) is 1. The molecule has 70 heavy (non-hydrogen) atoms. The molecule has 4 fully saturated rings. The molecule has 3 aliphatic heterocycles. The average molecular weight is 986 g/mol. The van der Waals surface area contributed by atoms with E-state index < -0.39 is 36.6 Å². The number of carbonyl (C=O) groups excluding carboxylic acids is 2. The fourth-order valence-corrected chi connectivity index (χ4v) is 13.9. The van der Waals surface area contributed by atoms with Crippen molar-refractivity contribution in [3.63, 3.8) is 0 Å². The lowest BCUT2D eigenvalue weighted by Crippen LogP contribution is -2.59. The Bertz CT molecular complexity index is 2280. The SMILES string of the molecule is CC[C@H]1CCC[C@H](O[C@H]2CC[C@H](N(C)C)C(C)O2)[C@@H](C)C(=O)C2=C[C@@H]3C(c4nc(Nc5ccccc5OCc5ccccc5)sc4C4C[C@@H](O[C@@H]5OC(C)[C@H](OC)C(OC)[C@@H]5OC)C[C@H]43)[C@@H]2CC(=O)O1. The quantitative estimate of drug-likeness (QED) is 0.153. The highest BCUT2D eigenvalue weighted by Crippen LogP contribution is 2.63. The molecule has 1 N–H and O–H groups in total. The van der Waals surface area contributed by atoms with Crippen LogP contribution in [0.2, 0.25) is 0 Å². The van der Waals surface area contributed by atoms with Gasteiger partial charge in [-0.25, -0.2) is 4.98 Å². The molecule has 5 unspecified atom stereocenters. The standard InChI is InChI=1S/C55H75N3O11S/c1-10-34-19-16-22-43(69-46-24-23-42(58(5)6)31(3)65-46)30(2)49(60)39-27-37-36-25-35(68-54-52(63-9)51(62-8)50(61-7)32(4)66-54)26-40(36)53-48(47(37)38(39)28-45(59)67-34)57-55(70-53)56-41-20-14-15-21-44(41)64-29-33-17-12-11-13-18-33/h11-15,17-18,20-21,27,30-32,34-38,40,42-43,46-47,50-52,54H,10,16,19,22-26,28-29H2,1-9H3,(H,56,57)/t30-,31?,32?,34+,35+,36+,37+,38-,40?,42+,43+,46+,47?,50+,51?,52+,54+/m1/s1. The second-order valence-electron chi connectivity index (χ2n) is 20.7. The van der Waals surface area contributed by atoms with Gasteiger partial charge >= 0.3 is 5.97 Å². The molecule has 17 atom stereocenters. The van der Waals surface area contributed by atoms with E-state index in [0.717, 1.165) is 59.1 Å². The van der Waals surface area contributed by atoms with Gasteiger partial charge in [0.15, 0.2) is 23.5 Å². The van der Waals surface area contributed by atoms with Gasteiger partial charge in [-0.05, 0) is 114 Å². The van der Waals surface area contributed by atoms with Gasteiger partial charge in [0.1, 0.15) is 36.8 Å². The maximum absolute atomic E-state index is 15.4. The number of rotatable bonds is 14. The van der Waals surface area contributed by atoms with E-state index in [4.69, 9.17) is 47.6 Å². The number of Topliss-reactive ketones (excluding diaryl/α,β-unsaturated/α-hetero) is 1. The number of esters is 1. The predicted octanol–water partition coefficient (Wildman–Crippen LogP) is 9.35. The van der Waals surface area contributed by atoms with Crippen molar-refractivity contribution in [2.75, 3.05) is 40.7 Å². The van der Waals surface area contributed by atoms with E-state index in [0.29, 0.717) is 43.2 Å². The molecule has 6 aliphatic rings. The van der Waals surface area contributed by atoms with Crippen molar-refractivity contribution in [1.29, 1.82) is 0 Å². The Kier molecular flexibility index (Phi) is 16.5. The molecule has 3 saturated heterocycles. The minimum Gasteiger partial charge on any atom is -0.487 e. The second-order valence-corrected chi connectivity index (χ2v) is 21.7. The average Bonchev–Trinajstić information content (AvgIpc) is 4.07. The maximum Gasteiger partial charge on any atom is 0.306 e. The Morgan fingerprint density at radius 3 is 2.31 bits per heavy atom. The van der Waals surface area contributed by atoms with Crippen LogP contribution >= 0.6 is 11.3 Å². The molecular formula is C55H75N3O11S. The highest BCUT2D eigenvalue weighted by atomic mass is 32.1. The number of ether oxygens (including phenoxy) is 9. The van der Waals surface area contributed by atoms with Gasteiger partial charge in [0.05, 0.1) is 42.2 Å². The van der Waals surface area contributed by atoms with Gasteiger partial charge in [-0.1, -0.05) is 62.4 Å². The van der Waals surface area contributed by atoms with Gasteiger partial charge < -0.3 is 52.8 Å². The second kappa shape index (κ2) is 22.6. The molecule has 9 rings (SSSR count). The summed E-state index contributed by atoms with van der Waals surface area (Å²) in [6.45, 7) is 8.58. The molecule has 0 spiro atoms. The number of cyclic esters (lactones) is 1. The molecule has 4 heterocycles. The number of nitrogens with zero attached hydrogens (tertiary/aromatic N) is 2. The monoisotopic (exact) mass is 986 g/mol. The lowest BCUT2D eigenvalue weighted by atomic mass is 9.67. The molecule has 0 bridgehead atoms.